The van der Waals surface area contributed by atoms with Gasteiger partial charge >= 0.3 is 0 Å². The third kappa shape index (κ3) is 5.49. The minimum atomic E-state index is -0.162. The first-order chi connectivity index (χ1) is 15.6. The zero-order chi connectivity index (χ0) is 22.3. The smallest absolute Gasteiger partial charge is 0.244 e. The fraction of sp³-hybridized carbons (Fsp3) is 0.115. The number of aromatic nitrogens is 2. The van der Waals surface area contributed by atoms with Crippen LogP contribution < -0.4 is 10.6 Å². The van der Waals surface area contributed by atoms with Gasteiger partial charge in [0.1, 0.15) is 0 Å². The number of carbonyl (C=O) groups is 2. The maximum absolute atomic E-state index is 12.1. The number of imidazole rings is 1. The van der Waals surface area contributed by atoms with Crippen LogP contribution in [0.4, 0.5) is 5.69 Å². The van der Waals surface area contributed by atoms with E-state index >= 15 is 0 Å². The van der Waals surface area contributed by atoms with Crippen LogP contribution >= 0.6 is 0 Å². The van der Waals surface area contributed by atoms with Crippen LogP contribution in [0.2, 0.25) is 0 Å². The molecule has 0 bridgehead atoms. The minimum absolute atomic E-state index is 0.115. The number of hydrogen-bond acceptors (Lipinski definition) is 3. The van der Waals surface area contributed by atoms with Crippen LogP contribution in [0.1, 0.15) is 23.6 Å². The highest BCUT2D eigenvalue weighted by Gasteiger charge is 2.03. The van der Waals surface area contributed by atoms with Crippen LogP contribution in [0.3, 0.4) is 0 Å². The zero-order valence-corrected chi connectivity index (χ0v) is 17.8. The Hall–Kier alpha value is -4.19. The molecule has 0 saturated heterocycles. The second kappa shape index (κ2) is 9.75. The van der Waals surface area contributed by atoms with E-state index < -0.39 is 0 Å². The van der Waals surface area contributed by atoms with Crippen molar-refractivity contribution < 1.29 is 9.59 Å². The van der Waals surface area contributed by atoms with Gasteiger partial charge in [-0.25, -0.2) is 4.98 Å². The van der Waals surface area contributed by atoms with Crippen molar-refractivity contribution in [2.75, 3.05) is 5.32 Å². The summed E-state index contributed by atoms with van der Waals surface area (Å²) in [5, 5.41) is 5.61. The number of benzene rings is 3. The Morgan fingerprint density at radius 3 is 2.41 bits per heavy atom. The summed E-state index contributed by atoms with van der Waals surface area (Å²) in [7, 11) is 0. The van der Waals surface area contributed by atoms with Gasteiger partial charge in [0.15, 0.2) is 0 Å². The van der Waals surface area contributed by atoms with Gasteiger partial charge in [0.2, 0.25) is 11.8 Å². The second-order valence-electron chi connectivity index (χ2n) is 7.53. The van der Waals surface area contributed by atoms with Crippen LogP contribution in [0, 0.1) is 0 Å². The number of hydrogen-bond donors (Lipinski definition) is 2. The number of nitrogens with zero attached hydrogens (tertiary/aromatic N) is 2. The molecule has 32 heavy (non-hydrogen) atoms. The molecule has 0 aliphatic heterocycles. The molecule has 0 fully saturated rings. The summed E-state index contributed by atoms with van der Waals surface area (Å²) in [4.78, 5) is 27.6. The van der Waals surface area contributed by atoms with E-state index in [2.05, 4.69) is 38.4 Å². The van der Waals surface area contributed by atoms with E-state index in [9.17, 15) is 9.59 Å². The van der Waals surface area contributed by atoms with E-state index in [0.29, 0.717) is 6.54 Å². The lowest BCUT2D eigenvalue weighted by Crippen LogP contribution is -2.20. The first kappa shape index (κ1) is 21.1. The molecule has 2 N–H and O–H groups in total. The van der Waals surface area contributed by atoms with Crippen LogP contribution in [0.5, 0.6) is 0 Å². The van der Waals surface area contributed by atoms with Crippen molar-refractivity contribution in [3.05, 3.63) is 102 Å². The van der Waals surface area contributed by atoms with Gasteiger partial charge in [0, 0.05) is 31.8 Å². The molecular formula is C26H24N4O2. The number of amides is 2. The monoisotopic (exact) mass is 424 g/mol. The lowest BCUT2D eigenvalue weighted by Gasteiger charge is -2.07. The Bertz CT molecular complexity index is 1260. The summed E-state index contributed by atoms with van der Waals surface area (Å²) in [6.45, 7) is 2.67. The van der Waals surface area contributed by atoms with Gasteiger partial charge in [-0.15, -0.1) is 0 Å². The molecular weight excluding hydrogens is 400 g/mol. The first-order valence-corrected chi connectivity index (χ1v) is 10.4. The van der Waals surface area contributed by atoms with Gasteiger partial charge in [-0.1, -0.05) is 48.5 Å². The number of rotatable bonds is 7. The number of fused-ring (bicyclic) bond motifs is 1. The minimum Gasteiger partial charge on any atom is -0.348 e. The molecule has 2 amide bonds. The van der Waals surface area contributed by atoms with E-state index in [1.165, 1.54) is 18.6 Å². The fourth-order valence-corrected chi connectivity index (χ4v) is 3.40. The average molecular weight is 425 g/mol. The van der Waals surface area contributed by atoms with E-state index in [1.807, 2.05) is 48.8 Å². The van der Waals surface area contributed by atoms with E-state index in [-0.39, 0.29) is 11.8 Å². The van der Waals surface area contributed by atoms with Crippen LogP contribution in [0.25, 0.3) is 17.1 Å². The van der Waals surface area contributed by atoms with Gasteiger partial charge in [-0.2, -0.15) is 0 Å². The Labute approximate surface area is 186 Å². The van der Waals surface area contributed by atoms with Gasteiger partial charge in [-0.05, 0) is 47.0 Å². The second-order valence-corrected chi connectivity index (χ2v) is 7.53. The fourth-order valence-electron chi connectivity index (χ4n) is 3.40. The predicted octanol–water partition coefficient (Wildman–Crippen LogP) is 4.37. The molecule has 1 aromatic heterocycles. The van der Waals surface area contributed by atoms with Crippen LogP contribution in [-0.4, -0.2) is 21.4 Å². The van der Waals surface area contributed by atoms with Gasteiger partial charge in [-0.3, -0.25) is 9.59 Å². The maximum Gasteiger partial charge on any atom is 0.244 e. The Balaban J connectivity index is 1.28. The largest absolute Gasteiger partial charge is 0.348 e. The molecule has 0 saturated carbocycles. The average Bonchev–Trinajstić information content (AvgIpc) is 3.20. The van der Waals surface area contributed by atoms with Crippen LogP contribution in [-0.2, 0) is 22.7 Å². The molecule has 4 rings (SSSR count). The molecule has 0 aliphatic carbocycles. The quantitative estimate of drug-likeness (QED) is 0.433. The molecule has 0 spiro atoms. The van der Waals surface area contributed by atoms with Crippen molar-refractivity contribution in [2.45, 2.75) is 20.0 Å². The maximum atomic E-state index is 12.1. The molecule has 4 aromatic rings. The van der Waals surface area contributed by atoms with E-state index in [0.717, 1.165) is 34.4 Å². The van der Waals surface area contributed by atoms with Gasteiger partial charge < -0.3 is 15.2 Å². The summed E-state index contributed by atoms with van der Waals surface area (Å²) in [6.07, 6.45) is 5.11. The molecule has 0 atom stereocenters. The topological polar surface area (TPSA) is 76.0 Å². The summed E-state index contributed by atoms with van der Waals surface area (Å²) < 4.78 is 2.12. The van der Waals surface area contributed by atoms with E-state index in [1.54, 1.807) is 18.2 Å². The highest BCUT2D eigenvalue weighted by Crippen LogP contribution is 2.15. The number of nitrogens with one attached hydrogen (secondary N) is 2. The normalized spacial score (nSPS) is 11.0. The Kier molecular flexibility index (Phi) is 6.41. The van der Waals surface area contributed by atoms with Crippen molar-refractivity contribution in [3.8, 4) is 0 Å². The number of carbonyl (C=O) groups excluding carboxylic acids is 2. The third-order valence-electron chi connectivity index (χ3n) is 5.03. The lowest BCUT2D eigenvalue weighted by atomic mass is 10.1. The molecule has 1 heterocycles. The molecule has 160 valence electrons. The molecule has 6 heteroatoms. The third-order valence-corrected chi connectivity index (χ3v) is 5.03. The van der Waals surface area contributed by atoms with Gasteiger partial charge in [0.05, 0.1) is 17.4 Å². The molecule has 0 aliphatic rings. The van der Waals surface area contributed by atoms with E-state index in [4.69, 9.17) is 0 Å². The van der Waals surface area contributed by atoms with Crippen molar-refractivity contribution >= 4 is 34.6 Å². The van der Waals surface area contributed by atoms with Crippen molar-refractivity contribution in [1.29, 1.82) is 0 Å². The van der Waals surface area contributed by atoms with Crippen LogP contribution in [0.15, 0.2) is 85.2 Å². The van der Waals surface area contributed by atoms with Crippen molar-refractivity contribution in [3.63, 3.8) is 0 Å². The lowest BCUT2D eigenvalue weighted by molar-refractivity contribution is -0.116. The summed E-state index contributed by atoms with van der Waals surface area (Å²) >= 11 is 0. The SMILES string of the molecule is CC(=O)Nc1ccc(/C=C/C(=O)NCc2ccc(Cn3cnc4ccccc43)cc2)cc1. The number of para-hydroxylation sites is 2. The molecule has 0 unspecified atom stereocenters. The Morgan fingerprint density at radius 1 is 0.938 bits per heavy atom. The standard InChI is InChI=1S/C26H24N4O2/c1-19(31)29-23-13-10-20(11-14-23)12-15-26(32)27-16-21-6-8-22(9-7-21)17-30-18-28-24-4-2-3-5-25(24)30/h2-15,18H,16-17H2,1H3,(H,27,32)(H,29,31)/b15-12+. The van der Waals surface area contributed by atoms with Crippen molar-refractivity contribution in [2.24, 2.45) is 0 Å². The highest BCUT2D eigenvalue weighted by atomic mass is 16.2. The van der Waals surface area contributed by atoms with Gasteiger partial charge in [0.25, 0.3) is 0 Å². The highest BCUT2D eigenvalue weighted by molar-refractivity contribution is 5.92. The number of anilines is 1. The first-order valence-electron chi connectivity index (χ1n) is 10.4. The predicted molar refractivity (Wildman–Crippen MR) is 127 cm³/mol. The summed E-state index contributed by atoms with van der Waals surface area (Å²) in [5.74, 6) is -0.277. The molecule has 3 aromatic carbocycles. The summed E-state index contributed by atoms with van der Waals surface area (Å²) in [6, 6.07) is 23.6. The Morgan fingerprint density at radius 2 is 1.66 bits per heavy atom. The zero-order valence-electron chi connectivity index (χ0n) is 17.8. The molecule has 6 nitrogen and oxygen atoms in total. The molecule has 0 radical (unpaired) electrons. The summed E-state index contributed by atoms with van der Waals surface area (Å²) in [5.41, 5.74) is 5.91. The van der Waals surface area contributed by atoms with Crippen molar-refractivity contribution in [1.82, 2.24) is 14.9 Å².